The molecule has 0 atom stereocenters. The molecular weight excluding hydrogens is 223 g/mol. The summed E-state index contributed by atoms with van der Waals surface area (Å²) < 4.78 is 13.7. The van der Waals surface area contributed by atoms with Gasteiger partial charge in [0, 0.05) is 12.8 Å². The van der Waals surface area contributed by atoms with E-state index in [1.54, 1.807) is 6.07 Å². The number of piperidine rings is 1. The Morgan fingerprint density at radius 2 is 1.88 bits per heavy atom. The lowest BCUT2D eigenvalue weighted by Gasteiger charge is -2.25. The molecule has 0 saturated carbocycles. The van der Waals surface area contributed by atoms with E-state index in [0.29, 0.717) is 6.42 Å². The van der Waals surface area contributed by atoms with E-state index in [1.807, 2.05) is 0 Å². The van der Waals surface area contributed by atoms with Crippen LogP contribution in [0.3, 0.4) is 0 Å². The Balaban J connectivity index is 2.42. The molecule has 1 saturated heterocycles. The van der Waals surface area contributed by atoms with Gasteiger partial charge in [-0.15, -0.1) is 0 Å². The van der Waals surface area contributed by atoms with Gasteiger partial charge in [-0.05, 0) is 24.6 Å². The van der Waals surface area contributed by atoms with Gasteiger partial charge in [-0.1, -0.05) is 0 Å². The third-order valence-electron chi connectivity index (χ3n) is 2.60. The molecule has 2 rings (SSSR count). The van der Waals surface area contributed by atoms with Gasteiger partial charge in [0.15, 0.2) is 0 Å². The van der Waals surface area contributed by atoms with Crippen molar-refractivity contribution in [3.05, 3.63) is 29.6 Å². The van der Waals surface area contributed by atoms with E-state index in [-0.39, 0.29) is 24.1 Å². The molecular formula is C12H9FN2O2. The largest absolute Gasteiger partial charge is 0.274 e. The fourth-order valence-corrected chi connectivity index (χ4v) is 1.78. The van der Waals surface area contributed by atoms with Crippen molar-refractivity contribution >= 4 is 17.5 Å². The molecule has 1 aliphatic rings. The second kappa shape index (κ2) is 4.34. The number of carbonyl (C=O) groups is 2. The quantitative estimate of drug-likeness (QED) is 0.693. The number of amides is 2. The fraction of sp³-hybridized carbons (Fsp3) is 0.250. The van der Waals surface area contributed by atoms with Crippen molar-refractivity contribution in [3.8, 4) is 6.07 Å². The van der Waals surface area contributed by atoms with Gasteiger partial charge in [-0.3, -0.25) is 9.59 Å². The topological polar surface area (TPSA) is 61.2 Å². The van der Waals surface area contributed by atoms with Crippen LogP contribution < -0.4 is 4.90 Å². The number of halogens is 1. The normalized spacial score (nSPS) is 15.9. The Labute approximate surface area is 97.3 Å². The molecule has 4 nitrogen and oxygen atoms in total. The zero-order chi connectivity index (χ0) is 12.4. The zero-order valence-corrected chi connectivity index (χ0v) is 8.94. The van der Waals surface area contributed by atoms with E-state index in [4.69, 9.17) is 5.26 Å². The van der Waals surface area contributed by atoms with Crippen molar-refractivity contribution in [2.24, 2.45) is 0 Å². The van der Waals surface area contributed by atoms with E-state index in [2.05, 4.69) is 0 Å². The van der Waals surface area contributed by atoms with Crippen molar-refractivity contribution in [1.82, 2.24) is 0 Å². The highest BCUT2D eigenvalue weighted by atomic mass is 19.1. The van der Waals surface area contributed by atoms with Crippen molar-refractivity contribution in [1.29, 1.82) is 5.26 Å². The van der Waals surface area contributed by atoms with Crippen molar-refractivity contribution < 1.29 is 14.0 Å². The molecule has 2 amide bonds. The molecule has 0 N–H and O–H groups in total. The number of anilines is 1. The SMILES string of the molecule is N#Cc1ccc(N2C(=O)CCCC2=O)c(F)c1. The van der Waals surface area contributed by atoms with Gasteiger partial charge >= 0.3 is 0 Å². The summed E-state index contributed by atoms with van der Waals surface area (Å²) >= 11 is 0. The number of carbonyl (C=O) groups excluding carboxylic acids is 2. The monoisotopic (exact) mass is 232 g/mol. The summed E-state index contributed by atoms with van der Waals surface area (Å²) in [6, 6.07) is 5.48. The highest BCUT2D eigenvalue weighted by molar-refractivity contribution is 6.16. The summed E-state index contributed by atoms with van der Waals surface area (Å²) in [5.74, 6) is -1.53. The summed E-state index contributed by atoms with van der Waals surface area (Å²) in [5.41, 5.74) is 0.0851. The average molecular weight is 232 g/mol. The summed E-state index contributed by atoms with van der Waals surface area (Å²) in [6.07, 6.45) is 0.989. The van der Waals surface area contributed by atoms with Crippen LogP contribution in [0.25, 0.3) is 0 Å². The maximum atomic E-state index is 13.7. The number of benzene rings is 1. The van der Waals surface area contributed by atoms with Crippen LogP contribution in [-0.2, 0) is 9.59 Å². The molecule has 0 bridgehead atoms. The Bertz CT molecular complexity index is 518. The fourth-order valence-electron chi connectivity index (χ4n) is 1.78. The lowest BCUT2D eigenvalue weighted by molar-refractivity contribution is -0.129. The van der Waals surface area contributed by atoms with Crippen molar-refractivity contribution in [2.45, 2.75) is 19.3 Å². The Morgan fingerprint density at radius 3 is 2.41 bits per heavy atom. The van der Waals surface area contributed by atoms with Crippen LogP contribution in [0.15, 0.2) is 18.2 Å². The molecule has 1 heterocycles. The van der Waals surface area contributed by atoms with Gasteiger partial charge in [0.05, 0.1) is 17.3 Å². The lowest BCUT2D eigenvalue weighted by atomic mass is 10.1. The number of nitriles is 1. The third-order valence-corrected chi connectivity index (χ3v) is 2.60. The van der Waals surface area contributed by atoms with Crippen LogP contribution in [-0.4, -0.2) is 11.8 Å². The van der Waals surface area contributed by atoms with Crippen LogP contribution >= 0.6 is 0 Å². The molecule has 1 aromatic rings. The minimum absolute atomic E-state index is 0.0706. The number of nitrogens with zero attached hydrogens (tertiary/aromatic N) is 2. The van der Waals surface area contributed by atoms with Crippen LogP contribution in [0.5, 0.6) is 0 Å². The Kier molecular flexibility index (Phi) is 2.88. The molecule has 5 heteroatoms. The summed E-state index contributed by atoms with van der Waals surface area (Å²) in [7, 11) is 0. The predicted octanol–water partition coefficient (Wildman–Crippen LogP) is 1.74. The summed E-state index contributed by atoms with van der Waals surface area (Å²) in [5, 5.41) is 8.60. The van der Waals surface area contributed by atoms with Crippen molar-refractivity contribution in [2.75, 3.05) is 4.90 Å². The number of hydrogen-bond acceptors (Lipinski definition) is 3. The predicted molar refractivity (Wildman–Crippen MR) is 57.5 cm³/mol. The molecule has 1 aromatic carbocycles. The van der Waals surface area contributed by atoms with Crippen molar-refractivity contribution in [3.63, 3.8) is 0 Å². The minimum atomic E-state index is -0.729. The highest BCUT2D eigenvalue weighted by Gasteiger charge is 2.29. The molecule has 0 aromatic heterocycles. The second-order valence-corrected chi connectivity index (χ2v) is 3.75. The Morgan fingerprint density at radius 1 is 1.24 bits per heavy atom. The van der Waals surface area contributed by atoms with Crippen LogP contribution in [0.4, 0.5) is 10.1 Å². The van der Waals surface area contributed by atoms with E-state index in [9.17, 15) is 14.0 Å². The molecule has 0 spiro atoms. The number of hydrogen-bond donors (Lipinski definition) is 0. The first-order chi connectivity index (χ1) is 8.13. The minimum Gasteiger partial charge on any atom is -0.274 e. The van der Waals surface area contributed by atoms with E-state index in [1.165, 1.54) is 12.1 Å². The van der Waals surface area contributed by atoms with Crippen LogP contribution in [0.1, 0.15) is 24.8 Å². The summed E-state index contributed by atoms with van der Waals surface area (Å²) in [6.45, 7) is 0. The number of imide groups is 1. The highest BCUT2D eigenvalue weighted by Crippen LogP contribution is 2.25. The van der Waals surface area contributed by atoms with Gasteiger partial charge in [-0.25, -0.2) is 9.29 Å². The van der Waals surface area contributed by atoms with Gasteiger partial charge in [0.25, 0.3) is 0 Å². The Hall–Kier alpha value is -2.22. The van der Waals surface area contributed by atoms with Crippen LogP contribution in [0.2, 0.25) is 0 Å². The summed E-state index contributed by atoms with van der Waals surface area (Å²) in [4.78, 5) is 24.0. The number of rotatable bonds is 1. The van der Waals surface area contributed by atoms with Gasteiger partial charge in [-0.2, -0.15) is 5.26 Å². The maximum Gasteiger partial charge on any atom is 0.233 e. The third kappa shape index (κ3) is 2.02. The van der Waals surface area contributed by atoms with Gasteiger partial charge < -0.3 is 0 Å². The van der Waals surface area contributed by atoms with Gasteiger partial charge in [0.1, 0.15) is 5.82 Å². The van der Waals surface area contributed by atoms with E-state index < -0.39 is 17.6 Å². The first kappa shape index (κ1) is 11.3. The molecule has 1 aliphatic heterocycles. The zero-order valence-electron chi connectivity index (χ0n) is 8.94. The second-order valence-electron chi connectivity index (χ2n) is 3.75. The smallest absolute Gasteiger partial charge is 0.233 e. The molecule has 86 valence electrons. The van der Waals surface area contributed by atoms with Gasteiger partial charge in [0.2, 0.25) is 11.8 Å². The maximum absolute atomic E-state index is 13.7. The van der Waals surface area contributed by atoms with E-state index >= 15 is 0 Å². The first-order valence-corrected chi connectivity index (χ1v) is 5.19. The molecule has 0 aliphatic carbocycles. The average Bonchev–Trinajstić information content (AvgIpc) is 2.30. The lowest BCUT2D eigenvalue weighted by Crippen LogP contribution is -2.40. The molecule has 0 radical (unpaired) electrons. The molecule has 0 unspecified atom stereocenters. The first-order valence-electron chi connectivity index (χ1n) is 5.19. The molecule has 1 fully saturated rings. The van der Waals surface area contributed by atoms with E-state index in [0.717, 1.165) is 11.0 Å². The molecule has 17 heavy (non-hydrogen) atoms. The standard InChI is InChI=1S/C12H9FN2O2/c13-9-6-8(7-14)4-5-10(9)15-11(16)2-1-3-12(15)17/h4-6H,1-3H2. The van der Waals surface area contributed by atoms with Crippen LogP contribution in [0, 0.1) is 17.1 Å².